The van der Waals surface area contributed by atoms with Crippen molar-refractivity contribution in [3.8, 4) is 0 Å². The number of para-hydroxylation sites is 1. The van der Waals surface area contributed by atoms with Crippen molar-refractivity contribution in [2.75, 3.05) is 18.5 Å². The lowest BCUT2D eigenvalue weighted by Crippen LogP contribution is -2.59. The van der Waals surface area contributed by atoms with Crippen LogP contribution in [-0.2, 0) is 0 Å². The van der Waals surface area contributed by atoms with Crippen LogP contribution in [0.15, 0.2) is 30.3 Å². The third-order valence-corrected chi connectivity index (χ3v) is 5.40. The van der Waals surface area contributed by atoms with E-state index < -0.39 is 0 Å². The molecular formula is C18H30N2. The van der Waals surface area contributed by atoms with Crippen molar-refractivity contribution < 1.29 is 0 Å². The first-order valence-electron chi connectivity index (χ1n) is 7.81. The van der Waals surface area contributed by atoms with E-state index in [4.69, 9.17) is 0 Å². The predicted molar refractivity (Wildman–Crippen MR) is 88.0 cm³/mol. The van der Waals surface area contributed by atoms with Crippen molar-refractivity contribution in [3.05, 3.63) is 30.3 Å². The molecule has 0 N–H and O–H groups in total. The molecule has 0 radical (unpaired) electrons. The quantitative estimate of drug-likeness (QED) is 0.814. The molecular weight excluding hydrogens is 244 g/mol. The van der Waals surface area contributed by atoms with Gasteiger partial charge in [0.1, 0.15) is 0 Å². The Kier molecular flexibility index (Phi) is 3.90. The average Bonchev–Trinajstić information content (AvgIpc) is 2.59. The predicted octanol–water partition coefficient (Wildman–Crippen LogP) is 4.23. The van der Waals surface area contributed by atoms with Gasteiger partial charge in [-0.05, 0) is 44.9 Å². The van der Waals surface area contributed by atoms with E-state index in [-0.39, 0.29) is 11.2 Å². The van der Waals surface area contributed by atoms with Crippen LogP contribution in [0.2, 0.25) is 0 Å². The molecule has 0 spiro atoms. The largest absolute Gasteiger partial charge is 0.346 e. The van der Waals surface area contributed by atoms with Gasteiger partial charge in [0, 0.05) is 12.2 Å². The molecule has 1 heterocycles. The molecule has 0 bridgehead atoms. The van der Waals surface area contributed by atoms with E-state index in [0.717, 1.165) is 6.54 Å². The van der Waals surface area contributed by atoms with Crippen molar-refractivity contribution in [1.82, 2.24) is 4.90 Å². The molecule has 2 heteroatoms. The molecule has 1 aliphatic rings. The summed E-state index contributed by atoms with van der Waals surface area (Å²) in [5, 5.41) is 0. The van der Waals surface area contributed by atoms with E-state index in [0.29, 0.717) is 11.8 Å². The van der Waals surface area contributed by atoms with Crippen LogP contribution in [0.5, 0.6) is 0 Å². The van der Waals surface area contributed by atoms with Crippen LogP contribution in [0.25, 0.3) is 0 Å². The monoisotopic (exact) mass is 274 g/mol. The second-order valence-electron chi connectivity index (χ2n) is 7.32. The van der Waals surface area contributed by atoms with Crippen LogP contribution >= 0.6 is 0 Å². The summed E-state index contributed by atoms with van der Waals surface area (Å²) in [7, 11) is 2.25. The van der Waals surface area contributed by atoms with E-state index >= 15 is 0 Å². The van der Waals surface area contributed by atoms with Gasteiger partial charge in [0.25, 0.3) is 0 Å². The molecule has 112 valence electrons. The molecule has 0 atom stereocenters. The number of likely N-dealkylation sites (N-methyl/N-ethyl adjacent to an activating group) is 1. The second kappa shape index (κ2) is 5.07. The summed E-state index contributed by atoms with van der Waals surface area (Å²) < 4.78 is 0. The topological polar surface area (TPSA) is 6.48 Å². The van der Waals surface area contributed by atoms with E-state index in [2.05, 4.69) is 88.7 Å². The van der Waals surface area contributed by atoms with Crippen molar-refractivity contribution in [3.63, 3.8) is 0 Å². The molecule has 0 aliphatic carbocycles. The standard InChI is InChI=1S/C18H30N2/c1-14(2)18(15(3)4)13-19(7)17(5,6)20(18)16-11-9-8-10-12-16/h8-12,14-15H,13H2,1-7H3. The number of nitrogens with zero attached hydrogens (tertiary/aromatic N) is 2. The van der Waals surface area contributed by atoms with E-state index in [9.17, 15) is 0 Å². The SMILES string of the molecule is CC(C)C1(C(C)C)CN(C)C(C)(C)N1c1ccccc1. The van der Waals surface area contributed by atoms with E-state index in [1.807, 2.05) is 0 Å². The summed E-state index contributed by atoms with van der Waals surface area (Å²) in [5.41, 5.74) is 1.56. The lowest BCUT2D eigenvalue weighted by molar-refractivity contribution is 0.210. The molecule has 0 amide bonds. The van der Waals surface area contributed by atoms with Gasteiger partial charge in [-0.15, -0.1) is 0 Å². The smallest absolute Gasteiger partial charge is 0.0880 e. The molecule has 1 aromatic carbocycles. The van der Waals surface area contributed by atoms with Crippen LogP contribution in [0.3, 0.4) is 0 Å². The van der Waals surface area contributed by atoms with Gasteiger partial charge in [0.05, 0.1) is 11.2 Å². The van der Waals surface area contributed by atoms with Gasteiger partial charge >= 0.3 is 0 Å². The summed E-state index contributed by atoms with van der Waals surface area (Å²) in [5.74, 6) is 1.21. The van der Waals surface area contributed by atoms with Gasteiger partial charge in [0.15, 0.2) is 0 Å². The summed E-state index contributed by atoms with van der Waals surface area (Å²) in [6.07, 6.45) is 0. The highest BCUT2D eigenvalue weighted by atomic mass is 15.5. The Balaban J connectivity index is 2.62. The first-order chi connectivity index (χ1) is 9.24. The molecule has 20 heavy (non-hydrogen) atoms. The molecule has 1 fully saturated rings. The Morgan fingerprint density at radius 1 is 0.950 bits per heavy atom. The third-order valence-electron chi connectivity index (χ3n) is 5.40. The number of rotatable bonds is 3. The zero-order valence-electron chi connectivity index (χ0n) is 14.1. The van der Waals surface area contributed by atoms with Crippen LogP contribution in [0.4, 0.5) is 5.69 Å². The Labute approximate surface area is 124 Å². The Morgan fingerprint density at radius 2 is 1.45 bits per heavy atom. The summed E-state index contributed by atoms with van der Waals surface area (Å²) >= 11 is 0. The van der Waals surface area contributed by atoms with Crippen molar-refractivity contribution in [2.45, 2.75) is 52.7 Å². The highest BCUT2D eigenvalue weighted by Crippen LogP contribution is 2.47. The van der Waals surface area contributed by atoms with Gasteiger partial charge in [-0.2, -0.15) is 0 Å². The highest BCUT2D eigenvalue weighted by molar-refractivity contribution is 5.54. The lowest BCUT2D eigenvalue weighted by atomic mass is 9.75. The van der Waals surface area contributed by atoms with Gasteiger partial charge in [-0.25, -0.2) is 0 Å². The van der Waals surface area contributed by atoms with Crippen molar-refractivity contribution in [1.29, 1.82) is 0 Å². The van der Waals surface area contributed by atoms with Crippen LogP contribution in [-0.4, -0.2) is 29.7 Å². The Morgan fingerprint density at radius 3 is 1.90 bits per heavy atom. The van der Waals surface area contributed by atoms with Gasteiger partial charge in [-0.1, -0.05) is 45.9 Å². The van der Waals surface area contributed by atoms with Gasteiger partial charge in [0.2, 0.25) is 0 Å². The third kappa shape index (κ3) is 2.05. The normalized spacial score (nSPS) is 21.9. The van der Waals surface area contributed by atoms with Crippen molar-refractivity contribution in [2.24, 2.45) is 11.8 Å². The van der Waals surface area contributed by atoms with E-state index in [1.165, 1.54) is 5.69 Å². The molecule has 0 unspecified atom stereocenters. The molecule has 1 saturated heterocycles. The first-order valence-corrected chi connectivity index (χ1v) is 7.81. The second-order valence-corrected chi connectivity index (χ2v) is 7.32. The maximum absolute atomic E-state index is 2.66. The van der Waals surface area contributed by atoms with Gasteiger partial charge < -0.3 is 4.90 Å². The zero-order chi connectivity index (χ0) is 15.1. The average molecular weight is 274 g/mol. The fourth-order valence-electron chi connectivity index (χ4n) is 4.01. The maximum Gasteiger partial charge on any atom is 0.0880 e. The first kappa shape index (κ1) is 15.4. The van der Waals surface area contributed by atoms with Crippen LogP contribution < -0.4 is 4.90 Å². The lowest BCUT2D eigenvalue weighted by Gasteiger charge is -2.50. The Hall–Kier alpha value is -1.02. The van der Waals surface area contributed by atoms with E-state index in [1.54, 1.807) is 0 Å². The summed E-state index contributed by atoms with van der Waals surface area (Å²) in [6.45, 7) is 15.3. The summed E-state index contributed by atoms with van der Waals surface area (Å²) in [4.78, 5) is 5.16. The maximum atomic E-state index is 2.66. The highest BCUT2D eigenvalue weighted by Gasteiger charge is 2.56. The number of benzene rings is 1. The van der Waals surface area contributed by atoms with Crippen LogP contribution in [0, 0.1) is 11.8 Å². The number of hydrogen-bond donors (Lipinski definition) is 0. The Bertz CT molecular complexity index is 440. The number of anilines is 1. The number of hydrogen-bond acceptors (Lipinski definition) is 2. The fourth-order valence-corrected chi connectivity index (χ4v) is 4.01. The minimum absolute atomic E-state index is 0.0376. The molecule has 0 saturated carbocycles. The van der Waals surface area contributed by atoms with Gasteiger partial charge in [-0.3, -0.25) is 4.90 Å². The summed E-state index contributed by atoms with van der Waals surface area (Å²) in [6, 6.07) is 10.9. The fraction of sp³-hybridized carbons (Fsp3) is 0.667. The molecule has 2 rings (SSSR count). The molecule has 0 aromatic heterocycles. The molecule has 2 nitrogen and oxygen atoms in total. The van der Waals surface area contributed by atoms with Crippen LogP contribution in [0.1, 0.15) is 41.5 Å². The molecule has 1 aliphatic heterocycles. The molecule has 1 aromatic rings. The van der Waals surface area contributed by atoms with Crippen molar-refractivity contribution >= 4 is 5.69 Å². The minimum atomic E-state index is 0.0376. The zero-order valence-corrected chi connectivity index (χ0v) is 14.1. The minimum Gasteiger partial charge on any atom is -0.346 e.